The Hall–Kier alpha value is -1.47. The third-order valence-corrected chi connectivity index (χ3v) is 3.57. The van der Waals surface area contributed by atoms with Crippen molar-refractivity contribution in [3.63, 3.8) is 0 Å². The molecule has 20 heavy (non-hydrogen) atoms. The van der Waals surface area contributed by atoms with Gasteiger partial charge in [-0.2, -0.15) is 0 Å². The molecular formula is C13H15BrN4OS. The molecule has 2 rings (SSSR count). The number of azo groups is 1. The third kappa shape index (κ3) is 3.16. The van der Waals surface area contributed by atoms with E-state index >= 15 is 0 Å². The zero-order valence-corrected chi connectivity index (χ0v) is 13.2. The van der Waals surface area contributed by atoms with Crippen molar-refractivity contribution in [2.24, 2.45) is 16.0 Å². The minimum atomic E-state index is -0.0551. The highest BCUT2D eigenvalue weighted by Gasteiger charge is 2.15. The fourth-order valence-electron chi connectivity index (χ4n) is 2.06. The van der Waals surface area contributed by atoms with Gasteiger partial charge in [0.05, 0.1) is 5.52 Å². The van der Waals surface area contributed by atoms with Crippen LogP contribution in [0, 0.1) is 0 Å². The van der Waals surface area contributed by atoms with Gasteiger partial charge in [-0.1, -0.05) is 34.1 Å². The van der Waals surface area contributed by atoms with Crippen LogP contribution in [0.1, 0.15) is 12.8 Å². The molecule has 0 aliphatic heterocycles. The van der Waals surface area contributed by atoms with Gasteiger partial charge in [0.2, 0.25) is 11.0 Å². The zero-order chi connectivity index (χ0) is 14.5. The lowest BCUT2D eigenvalue weighted by molar-refractivity contribution is 0.418. The summed E-state index contributed by atoms with van der Waals surface area (Å²) in [4.78, 5) is 0. The number of unbranched alkanes of at least 4 members (excludes halogenated alkanes) is 1. The number of hydrogen-bond acceptors (Lipinski definition) is 3. The van der Waals surface area contributed by atoms with E-state index in [0.29, 0.717) is 5.69 Å². The number of fused-ring (bicyclic) bond motifs is 1. The van der Waals surface area contributed by atoms with Gasteiger partial charge in [-0.15, -0.1) is 10.2 Å². The van der Waals surface area contributed by atoms with Crippen LogP contribution in [-0.4, -0.2) is 20.1 Å². The quantitative estimate of drug-likeness (QED) is 0.370. The maximum absolute atomic E-state index is 10.3. The lowest BCUT2D eigenvalue weighted by Gasteiger charge is -2.05. The molecule has 0 unspecified atom stereocenters. The van der Waals surface area contributed by atoms with Gasteiger partial charge in [0.1, 0.15) is 0 Å². The lowest BCUT2D eigenvalue weighted by Crippen LogP contribution is -2.01. The fraction of sp³-hybridized carbons (Fsp3) is 0.308. The zero-order valence-electron chi connectivity index (χ0n) is 10.8. The Balaban J connectivity index is 2.46. The summed E-state index contributed by atoms with van der Waals surface area (Å²) in [6, 6.07) is 7.66. The number of para-hydroxylation sites is 1. The number of benzene rings is 1. The van der Waals surface area contributed by atoms with Gasteiger partial charge in [0, 0.05) is 17.3 Å². The largest absolute Gasteiger partial charge is 0.493 e. The van der Waals surface area contributed by atoms with Crippen LogP contribution in [0.2, 0.25) is 0 Å². The average Bonchev–Trinajstić information content (AvgIpc) is 2.70. The van der Waals surface area contributed by atoms with Crippen molar-refractivity contribution in [1.29, 1.82) is 0 Å². The van der Waals surface area contributed by atoms with Crippen LogP contribution in [0.15, 0.2) is 34.5 Å². The molecule has 0 atom stereocenters. The van der Waals surface area contributed by atoms with Crippen LogP contribution in [0.3, 0.4) is 0 Å². The van der Waals surface area contributed by atoms with Crippen LogP contribution in [0.5, 0.6) is 5.88 Å². The Morgan fingerprint density at radius 2 is 2.10 bits per heavy atom. The molecule has 0 aliphatic rings. The first-order valence-corrected chi connectivity index (χ1v) is 7.75. The van der Waals surface area contributed by atoms with Crippen LogP contribution in [-0.2, 0) is 6.54 Å². The Kier molecular flexibility index (Phi) is 5.08. The highest BCUT2D eigenvalue weighted by Crippen LogP contribution is 2.38. The van der Waals surface area contributed by atoms with E-state index in [1.54, 1.807) is 0 Å². The summed E-state index contributed by atoms with van der Waals surface area (Å²) in [6.07, 6.45) is 2.00. The van der Waals surface area contributed by atoms with Gasteiger partial charge in [0.25, 0.3) is 0 Å². The van der Waals surface area contributed by atoms with Crippen LogP contribution in [0.4, 0.5) is 5.69 Å². The van der Waals surface area contributed by atoms with Gasteiger partial charge in [-0.3, -0.25) is 0 Å². The monoisotopic (exact) mass is 354 g/mol. The normalized spacial score (nSPS) is 11.4. The Morgan fingerprint density at radius 3 is 2.80 bits per heavy atom. The van der Waals surface area contributed by atoms with Crippen molar-refractivity contribution < 1.29 is 5.11 Å². The van der Waals surface area contributed by atoms with Gasteiger partial charge in [0.15, 0.2) is 5.69 Å². The molecule has 1 aromatic heterocycles. The minimum absolute atomic E-state index is 0.0551. The molecule has 0 amide bonds. The summed E-state index contributed by atoms with van der Waals surface area (Å²) in [5.74, 6) is 0.0979. The van der Waals surface area contributed by atoms with E-state index in [0.717, 1.165) is 35.6 Å². The van der Waals surface area contributed by atoms with Gasteiger partial charge in [-0.05, 0) is 31.1 Å². The number of aryl methyl sites for hydroxylation is 1. The molecule has 0 fully saturated rings. The topological polar surface area (TPSA) is 75.9 Å². The number of alkyl halides is 1. The van der Waals surface area contributed by atoms with Crippen molar-refractivity contribution in [2.75, 3.05) is 5.33 Å². The van der Waals surface area contributed by atoms with Crippen LogP contribution < -0.4 is 5.73 Å². The molecule has 5 nitrogen and oxygen atoms in total. The molecule has 106 valence electrons. The Morgan fingerprint density at radius 1 is 1.35 bits per heavy atom. The van der Waals surface area contributed by atoms with Gasteiger partial charge in [-0.25, -0.2) is 0 Å². The molecule has 0 saturated carbocycles. The van der Waals surface area contributed by atoms with Crippen molar-refractivity contribution in [3.05, 3.63) is 24.3 Å². The molecule has 0 radical (unpaired) electrons. The second kappa shape index (κ2) is 6.81. The van der Waals surface area contributed by atoms with Crippen LogP contribution in [0.25, 0.3) is 10.9 Å². The number of nitrogens with two attached hydrogens (primary N) is 1. The summed E-state index contributed by atoms with van der Waals surface area (Å²) in [5.41, 5.74) is 6.65. The van der Waals surface area contributed by atoms with Crippen molar-refractivity contribution in [1.82, 2.24) is 4.57 Å². The summed E-state index contributed by atoms with van der Waals surface area (Å²) >= 11 is 8.08. The van der Waals surface area contributed by atoms with E-state index in [1.807, 2.05) is 28.8 Å². The number of thiocarbonyl (C=S) groups is 1. The predicted octanol–water partition coefficient (Wildman–Crippen LogP) is 3.85. The number of rotatable bonds is 5. The van der Waals surface area contributed by atoms with Crippen LogP contribution >= 0.6 is 28.1 Å². The summed E-state index contributed by atoms with van der Waals surface area (Å²) in [7, 11) is 0. The summed E-state index contributed by atoms with van der Waals surface area (Å²) in [6.45, 7) is 0.723. The SMILES string of the molecule is NC(=S)N=Nc1c(O)n(CCCCBr)c2ccccc12. The van der Waals surface area contributed by atoms with E-state index in [1.165, 1.54) is 0 Å². The molecular weight excluding hydrogens is 340 g/mol. The van der Waals surface area contributed by atoms with Gasteiger partial charge >= 0.3 is 0 Å². The second-order valence-corrected chi connectivity index (χ2v) is 5.49. The van der Waals surface area contributed by atoms with E-state index < -0.39 is 0 Å². The maximum atomic E-state index is 10.3. The van der Waals surface area contributed by atoms with Gasteiger partial charge < -0.3 is 15.4 Å². The molecule has 7 heteroatoms. The second-order valence-electron chi connectivity index (χ2n) is 4.28. The number of halogens is 1. The Bertz CT molecular complexity index is 653. The molecule has 0 spiro atoms. The minimum Gasteiger partial charge on any atom is -0.493 e. The number of aromatic hydroxyl groups is 1. The highest BCUT2D eigenvalue weighted by molar-refractivity contribution is 9.09. The standard InChI is InChI=1S/C13H15BrN4OS/c14-7-3-4-8-18-10-6-2-1-5-9(10)11(12(18)19)16-17-13(15)20/h1-2,5-6,19H,3-4,7-8H2,(H2,15,20). The average molecular weight is 355 g/mol. The van der Waals surface area contributed by atoms with E-state index in [-0.39, 0.29) is 11.0 Å². The van der Waals surface area contributed by atoms with E-state index in [9.17, 15) is 5.11 Å². The smallest absolute Gasteiger partial charge is 0.220 e. The number of aromatic nitrogens is 1. The lowest BCUT2D eigenvalue weighted by atomic mass is 10.2. The Labute approximate surface area is 130 Å². The number of nitrogens with zero attached hydrogens (tertiary/aromatic N) is 3. The van der Waals surface area contributed by atoms with Crippen molar-refractivity contribution in [3.8, 4) is 5.88 Å². The number of hydrogen-bond donors (Lipinski definition) is 2. The molecule has 2 aromatic rings. The van der Waals surface area contributed by atoms with Crippen molar-refractivity contribution >= 4 is 49.9 Å². The maximum Gasteiger partial charge on any atom is 0.220 e. The first-order chi connectivity index (χ1) is 9.65. The molecule has 0 aliphatic carbocycles. The van der Waals surface area contributed by atoms with Crippen molar-refractivity contribution in [2.45, 2.75) is 19.4 Å². The molecule has 3 N–H and O–H groups in total. The van der Waals surface area contributed by atoms with E-state index in [2.05, 4.69) is 38.4 Å². The predicted molar refractivity (Wildman–Crippen MR) is 87.9 cm³/mol. The first-order valence-electron chi connectivity index (χ1n) is 6.22. The highest BCUT2D eigenvalue weighted by atomic mass is 79.9. The molecule has 0 saturated heterocycles. The fourth-order valence-corrected chi connectivity index (χ4v) is 2.50. The first kappa shape index (κ1) is 14.9. The third-order valence-electron chi connectivity index (χ3n) is 2.93. The summed E-state index contributed by atoms with van der Waals surface area (Å²) < 4.78 is 1.84. The molecule has 1 heterocycles. The summed E-state index contributed by atoms with van der Waals surface area (Å²) in [5, 5.41) is 19.7. The molecule has 0 bridgehead atoms. The molecule has 1 aromatic carbocycles. The van der Waals surface area contributed by atoms with E-state index in [4.69, 9.17) is 5.73 Å².